The number of thiazole rings is 1. The lowest BCUT2D eigenvalue weighted by molar-refractivity contribution is -0.149. The molecule has 1 saturated heterocycles. The number of carbonyl (C=O) groups is 2. The van der Waals surface area contributed by atoms with E-state index in [2.05, 4.69) is 10.3 Å². The number of likely N-dealkylation sites (tertiary alicyclic amines) is 1. The molecule has 1 aliphatic rings. The zero-order valence-electron chi connectivity index (χ0n) is 14.1. The van der Waals surface area contributed by atoms with Gasteiger partial charge in [0.05, 0.1) is 12.5 Å². The number of hydrogen-bond acceptors (Lipinski definition) is 6. The van der Waals surface area contributed by atoms with Gasteiger partial charge in [0.1, 0.15) is 0 Å². The lowest BCUT2D eigenvalue weighted by atomic mass is 9.97. The Morgan fingerprint density at radius 2 is 2.32 bits per heavy atom. The highest BCUT2D eigenvalue weighted by Gasteiger charge is 2.29. The topological polar surface area (TPSA) is 71.5 Å². The summed E-state index contributed by atoms with van der Waals surface area (Å²) in [6.07, 6.45) is 3.31. The number of esters is 1. The van der Waals surface area contributed by atoms with Crippen molar-refractivity contribution in [3.63, 3.8) is 0 Å². The lowest BCUT2D eigenvalue weighted by Gasteiger charge is -2.31. The fourth-order valence-electron chi connectivity index (χ4n) is 2.94. The van der Waals surface area contributed by atoms with Gasteiger partial charge >= 0.3 is 5.97 Å². The number of hydrogen-bond donors (Lipinski definition) is 1. The zero-order chi connectivity index (χ0) is 17.6. The van der Waals surface area contributed by atoms with Gasteiger partial charge in [0, 0.05) is 35.9 Å². The Morgan fingerprint density at radius 3 is 3.08 bits per heavy atom. The molecule has 0 aliphatic carbocycles. The van der Waals surface area contributed by atoms with Crippen molar-refractivity contribution in [1.29, 1.82) is 0 Å². The molecule has 1 aliphatic heterocycles. The van der Waals surface area contributed by atoms with Gasteiger partial charge in [0.15, 0.2) is 5.13 Å². The van der Waals surface area contributed by atoms with E-state index in [9.17, 15) is 9.59 Å². The number of nitrogens with zero attached hydrogens (tertiary/aromatic N) is 2. The summed E-state index contributed by atoms with van der Waals surface area (Å²) in [7, 11) is 0. The number of ether oxygens (including phenoxy) is 1. The van der Waals surface area contributed by atoms with Crippen LogP contribution in [0.4, 0.5) is 10.8 Å². The average Bonchev–Trinajstić information content (AvgIpc) is 3.14. The van der Waals surface area contributed by atoms with Crippen molar-refractivity contribution >= 4 is 34.0 Å². The van der Waals surface area contributed by atoms with Crippen molar-refractivity contribution in [3.8, 4) is 0 Å². The van der Waals surface area contributed by atoms with Crippen LogP contribution >= 0.6 is 11.3 Å². The Labute approximate surface area is 150 Å². The van der Waals surface area contributed by atoms with Crippen molar-refractivity contribution in [2.45, 2.75) is 19.8 Å². The summed E-state index contributed by atoms with van der Waals surface area (Å²) in [5.41, 5.74) is 1.42. The maximum absolute atomic E-state index is 12.8. The maximum Gasteiger partial charge on any atom is 0.310 e. The highest BCUT2D eigenvalue weighted by atomic mass is 32.1. The first-order valence-electron chi connectivity index (χ1n) is 8.40. The number of aromatic nitrogens is 1. The van der Waals surface area contributed by atoms with Gasteiger partial charge in [-0.3, -0.25) is 9.59 Å². The molecule has 1 amide bonds. The SMILES string of the molecule is CCOC(=O)C1CCCN(C(=O)c2cccc(Nc3nccs3)c2)C1. The molecule has 0 saturated carbocycles. The predicted molar refractivity (Wildman–Crippen MR) is 97.1 cm³/mol. The van der Waals surface area contributed by atoms with E-state index >= 15 is 0 Å². The summed E-state index contributed by atoms with van der Waals surface area (Å²) < 4.78 is 5.10. The molecule has 2 aromatic rings. The van der Waals surface area contributed by atoms with Crippen LogP contribution in [0, 0.1) is 5.92 Å². The Hall–Kier alpha value is -2.41. The minimum Gasteiger partial charge on any atom is -0.466 e. The molecule has 2 heterocycles. The third-order valence-corrected chi connectivity index (χ3v) is 4.81. The molecule has 0 spiro atoms. The normalized spacial score (nSPS) is 17.2. The Morgan fingerprint density at radius 1 is 1.44 bits per heavy atom. The van der Waals surface area contributed by atoms with Crippen molar-refractivity contribution in [1.82, 2.24) is 9.88 Å². The van der Waals surface area contributed by atoms with E-state index < -0.39 is 0 Å². The summed E-state index contributed by atoms with van der Waals surface area (Å²) in [6, 6.07) is 7.35. The molecule has 132 valence electrons. The molecule has 25 heavy (non-hydrogen) atoms. The third kappa shape index (κ3) is 4.36. The van der Waals surface area contributed by atoms with Gasteiger partial charge in [0.25, 0.3) is 5.91 Å². The molecule has 3 rings (SSSR count). The molecular formula is C18H21N3O3S. The summed E-state index contributed by atoms with van der Waals surface area (Å²) in [5.74, 6) is -0.495. The van der Waals surface area contributed by atoms with Crippen LogP contribution in [0.15, 0.2) is 35.8 Å². The van der Waals surface area contributed by atoms with E-state index in [1.165, 1.54) is 11.3 Å². The van der Waals surface area contributed by atoms with E-state index in [1.54, 1.807) is 24.1 Å². The molecule has 1 aromatic heterocycles. The molecule has 0 bridgehead atoms. The van der Waals surface area contributed by atoms with Crippen molar-refractivity contribution < 1.29 is 14.3 Å². The van der Waals surface area contributed by atoms with Gasteiger partial charge in [-0.25, -0.2) is 4.98 Å². The van der Waals surface area contributed by atoms with Gasteiger partial charge in [-0.15, -0.1) is 11.3 Å². The highest BCUT2D eigenvalue weighted by molar-refractivity contribution is 7.13. The lowest BCUT2D eigenvalue weighted by Crippen LogP contribution is -2.42. The van der Waals surface area contributed by atoms with Gasteiger partial charge in [-0.1, -0.05) is 6.07 Å². The van der Waals surface area contributed by atoms with Gasteiger partial charge in [-0.05, 0) is 38.0 Å². The second kappa shape index (κ2) is 8.11. The monoisotopic (exact) mass is 359 g/mol. The average molecular weight is 359 g/mol. The largest absolute Gasteiger partial charge is 0.466 e. The Balaban J connectivity index is 1.68. The van der Waals surface area contributed by atoms with Crippen LogP contribution in [-0.4, -0.2) is 41.5 Å². The summed E-state index contributed by atoms with van der Waals surface area (Å²) in [4.78, 5) is 30.7. The fraction of sp³-hybridized carbons (Fsp3) is 0.389. The molecule has 1 atom stereocenters. The van der Waals surface area contributed by atoms with Crippen LogP contribution < -0.4 is 5.32 Å². The van der Waals surface area contributed by atoms with E-state index in [0.29, 0.717) is 25.3 Å². The quantitative estimate of drug-likeness (QED) is 0.830. The number of amides is 1. The van der Waals surface area contributed by atoms with Crippen LogP contribution in [0.25, 0.3) is 0 Å². The minimum absolute atomic E-state index is 0.0585. The molecule has 1 N–H and O–H groups in total. The summed E-state index contributed by atoms with van der Waals surface area (Å²) >= 11 is 1.50. The Kier molecular flexibility index (Phi) is 5.65. The van der Waals surface area contributed by atoms with Crippen LogP contribution in [0.2, 0.25) is 0 Å². The number of anilines is 2. The number of nitrogens with one attached hydrogen (secondary N) is 1. The summed E-state index contributed by atoms with van der Waals surface area (Å²) in [5, 5.41) is 5.86. The summed E-state index contributed by atoms with van der Waals surface area (Å²) in [6.45, 7) is 3.25. The van der Waals surface area contributed by atoms with Gasteiger partial charge < -0.3 is 15.0 Å². The van der Waals surface area contributed by atoms with E-state index in [1.807, 2.05) is 23.6 Å². The molecule has 1 unspecified atom stereocenters. The smallest absolute Gasteiger partial charge is 0.310 e. The number of piperidine rings is 1. The van der Waals surface area contributed by atoms with Crippen LogP contribution in [0.1, 0.15) is 30.1 Å². The molecule has 6 nitrogen and oxygen atoms in total. The molecular weight excluding hydrogens is 338 g/mol. The van der Waals surface area contributed by atoms with Crippen molar-refractivity contribution in [2.75, 3.05) is 25.0 Å². The molecule has 0 radical (unpaired) electrons. The maximum atomic E-state index is 12.8. The van der Waals surface area contributed by atoms with E-state index in [-0.39, 0.29) is 17.8 Å². The Bertz CT molecular complexity index is 733. The number of carbonyl (C=O) groups excluding carboxylic acids is 2. The second-order valence-corrected chi connectivity index (χ2v) is 6.78. The first-order chi connectivity index (χ1) is 12.2. The fourth-order valence-corrected chi connectivity index (χ4v) is 3.48. The number of benzene rings is 1. The van der Waals surface area contributed by atoms with Gasteiger partial charge in [0.2, 0.25) is 0 Å². The standard InChI is InChI=1S/C18H21N3O3S/c1-2-24-17(23)14-6-4-9-21(12-14)16(22)13-5-3-7-15(11-13)20-18-19-8-10-25-18/h3,5,7-8,10-11,14H,2,4,6,9,12H2,1H3,(H,19,20). The van der Waals surface area contributed by atoms with Crippen LogP contribution in [0.3, 0.4) is 0 Å². The van der Waals surface area contributed by atoms with Crippen molar-refractivity contribution in [3.05, 3.63) is 41.4 Å². The highest BCUT2D eigenvalue weighted by Crippen LogP contribution is 2.23. The minimum atomic E-state index is -0.228. The first-order valence-corrected chi connectivity index (χ1v) is 9.28. The predicted octanol–water partition coefficient (Wildman–Crippen LogP) is 3.30. The van der Waals surface area contributed by atoms with E-state index in [4.69, 9.17) is 4.74 Å². The van der Waals surface area contributed by atoms with Crippen molar-refractivity contribution in [2.24, 2.45) is 5.92 Å². The van der Waals surface area contributed by atoms with Crippen LogP contribution in [-0.2, 0) is 9.53 Å². The van der Waals surface area contributed by atoms with Gasteiger partial charge in [-0.2, -0.15) is 0 Å². The first kappa shape index (κ1) is 17.4. The second-order valence-electron chi connectivity index (χ2n) is 5.89. The molecule has 1 aromatic carbocycles. The third-order valence-electron chi connectivity index (χ3n) is 4.12. The van der Waals surface area contributed by atoms with Crippen LogP contribution in [0.5, 0.6) is 0 Å². The number of rotatable bonds is 5. The van der Waals surface area contributed by atoms with E-state index in [0.717, 1.165) is 23.7 Å². The molecule has 7 heteroatoms. The zero-order valence-corrected chi connectivity index (χ0v) is 14.9. The molecule has 1 fully saturated rings.